The highest BCUT2D eigenvalue weighted by molar-refractivity contribution is 6.02. The number of hydrogen-bond donors (Lipinski definition) is 1. The van der Waals surface area contributed by atoms with Crippen LogP contribution in [0.5, 0.6) is 0 Å². The molecule has 1 N–H and O–H groups in total. The number of nitrogens with one attached hydrogen (secondary N) is 1. The fraction of sp³-hybridized carbons (Fsp3) is 0.0588. The molecule has 2 heterocycles. The van der Waals surface area contributed by atoms with Gasteiger partial charge in [0.1, 0.15) is 5.69 Å². The van der Waals surface area contributed by atoms with Crippen LogP contribution in [0.2, 0.25) is 0 Å². The van der Waals surface area contributed by atoms with Crippen molar-refractivity contribution in [2.24, 2.45) is 0 Å². The van der Waals surface area contributed by atoms with E-state index in [1.807, 2.05) is 30.3 Å². The molecule has 6 nitrogen and oxygen atoms in total. The molecule has 1 amide bonds. The van der Waals surface area contributed by atoms with Crippen molar-refractivity contribution in [2.75, 3.05) is 5.32 Å². The molecule has 0 saturated carbocycles. The van der Waals surface area contributed by atoms with Crippen LogP contribution >= 0.6 is 0 Å². The Balaban J connectivity index is 1.82. The second-order valence-corrected chi connectivity index (χ2v) is 4.90. The molecule has 3 aromatic rings. The average molecular weight is 306 g/mol. The van der Waals surface area contributed by atoms with Gasteiger partial charge in [-0.05, 0) is 23.8 Å². The highest BCUT2D eigenvalue weighted by atomic mass is 16.2. The Bertz CT molecular complexity index is 861. The van der Waals surface area contributed by atoms with Crippen LogP contribution in [0.3, 0.4) is 0 Å². The summed E-state index contributed by atoms with van der Waals surface area (Å²) in [5, 5.41) is 6.82. The first-order chi connectivity index (χ1) is 11.2. The normalized spacial score (nSPS) is 10.3. The molecule has 114 valence electrons. The van der Waals surface area contributed by atoms with E-state index in [0.717, 1.165) is 5.56 Å². The molecule has 0 aliphatic carbocycles. The minimum absolute atomic E-state index is 0.171. The van der Waals surface area contributed by atoms with Crippen LogP contribution in [0, 0.1) is 0 Å². The number of aromatic nitrogens is 3. The molecule has 0 aliphatic rings. The number of amides is 1. The lowest BCUT2D eigenvalue weighted by molar-refractivity contribution is 0.102. The zero-order chi connectivity index (χ0) is 16.1. The molecular formula is C17H14N4O2. The molecule has 23 heavy (non-hydrogen) atoms. The van der Waals surface area contributed by atoms with Crippen LogP contribution in [0.1, 0.15) is 16.1 Å². The molecule has 0 aliphatic heterocycles. The largest absolute Gasteiger partial charge is 0.319 e. The Labute approximate surface area is 132 Å². The molecule has 0 bridgehead atoms. The Morgan fingerprint density at radius 2 is 1.87 bits per heavy atom. The van der Waals surface area contributed by atoms with Crippen molar-refractivity contribution in [3.05, 3.63) is 88.6 Å². The van der Waals surface area contributed by atoms with Crippen molar-refractivity contribution in [1.82, 2.24) is 14.8 Å². The van der Waals surface area contributed by atoms with Gasteiger partial charge in [0.15, 0.2) is 0 Å². The molecule has 2 aromatic heterocycles. The Morgan fingerprint density at radius 1 is 1.04 bits per heavy atom. The molecule has 0 atom stereocenters. The van der Waals surface area contributed by atoms with E-state index in [9.17, 15) is 9.59 Å². The predicted molar refractivity (Wildman–Crippen MR) is 86.2 cm³/mol. The second-order valence-electron chi connectivity index (χ2n) is 4.90. The van der Waals surface area contributed by atoms with E-state index in [4.69, 9.17) is 0 Å². The lowest BCUT2D eigenvalue weighted by Gasteiger charge is -2.07. The summed E-state index contributed by atoms with van der Waals surface area (Å²) in [7, 11) is 0. The van der Waals surface area contributed by atoms with Crippen molar-refractivity contribution in [2.45, 2.75) is 6.54 Å². The van der Waals surface area contributed by atoms with Gasteiger partial charge in [0.25, 0.3) is 11.5 Å². The molecule has 0 spiro atoms. The maximum Gasteiger partial charge on any atom is 0.276 e. The highest BCUT2D eigenvalue weighted by Crippen LogP contribution is 2.05. The SMILES string of the molecule is O=C(Nc1cccnc1)c1ccc(=O)n(Cc2ccccc2)n1. The first kappa shape index (κ1) is 14.6. The van der Waals surface area contributed by atoms with Gasteiger partial charge in [0.05, 0.1) is 18.4 Å². The molecule has 1 aromatic carbocycles. The third-order valence-corrected chi connectivity index (χ3v) is 3.19. The zero-order valence-electron chi connectivity index (χ0n) is 12.2. The number of rotatable bonds is 4. The number of anilines is 1. The van der Waals surface area contributed by atoms with Gasteiger partial charge in [-0.3, -0.25) is 14.6 Å². The Kier molecular flexibility index (Phi) is 4.24. The summed E-state index contributed by atoms with van der Waals surface area (Å²) in [6, 6.07) is 15.7. The third-order valence-electron chi connectivity index (χ3n) is 3.19. The average Bonchev–Trinajstić information content (AvgIpc) is 2.58. The first-order valence-electron chi connectivity index (χ1n) is 7.06. The lowest BCUT2D eigenvalue weighted by atomic mass is 10.2. The Morgan fingerprint density at radius 3 is 2.61 bits per heavy atom. The number of hydrogen-bond acceptors (Lipinski definition) is 4. The predicted octanol–water partition coefficient (Wildman–Crippen LogP) is 1.94. The Hall–Kier alpha value is -3.28. The number of nitrogens with zero attached hydrogens (tertiary/aromatic N) is 3. The summed E-state index contributed by atoms with van der Waals surface area (Å²) in [6.45, 7) is 0.313. The maximum absolute atomic E-state index is 12.2. The van der Waals surface area contributed by atoms with Crippen molar-refractivity contribution < 1.29 is 4.79 Å². The number of benzene rings is 1. The minimum atomic E-state index is -0.389. The van der Waals surface area contributed by atoms with Gasteiger partial charge in [-0.25, -0.2) is 4.68 Å². The van der Waals surface area contributed by atoms with Crippen molar-refractivity contribution in [3.63, 3.8) is 0 Å². The summed E-state index contributed by atoms with van der Waals surface area (Å²) < 4.78 is 1.27. The zero-order valence-corrected chi connectivity index (χ0v) is 12.2. The smallest absolute Gasteiger partial charge is 0.276 e. The van der Waals surface area contributed by atoms with Gasteiger partial charge in [0.2, 0.25) is 0 Å². The number of pyridine rings is 1. The van der Waals surface area contributed by atoms with Gasteiger partial charge in [-0.1, -0.05) is 30.3 Å². The van der Waals surface area contributed by atoms with Crippen LogP contribution in [-0.4, -0.2) is 20.7 Å². The third kappa shape index (κ3) is 3.68. The standard InChI is InChI=1S/C17H14N4O2/c22-16-9-8-15(17(23)19-14-7-4-10-18-11-14)20-21(16)12-13-5-2-1-3-6-13/h1-11H,12H2,(H,19,23). The van der Waals surface area contributed by atoms with Gasteiger partial charge in [-0.2, -0.15) is 5.10 Å². The molecular weight excluding hydrogens is 292 g/mol. The van der Waals surface area contributed by atoms with E-state index in [2.05, 4.69) is 15.4 Å². The van der Waals surface area contributed by atoms with Gasteiger partial charge < -0.3 is 5.32 Å². The summed E-state index contributed by atoms with van der Waals surface area (Å²) in [5.41, 5.74) is 1.42. The summed E-state index contributed by atoms with van der Waals surface area (Å²) >= 11 is 0. The molecule has 0 saturated heterocycles. The number of carbonyl (C=O) groups excluding carboxylic acids is 1. The highest BCUT2D eigenvalue weighted by Gasteiger charge is 2.10. The van der Waals surface area contributed by atoms with Crippen molar-refractivity contribution in [3.8, 4) is 0 Å². The summed E-state index contributed by atoms with van der Waals surface area (Å²) in [5.74, 6) is -0.389. The van der Waals surface area contributed by atoms with E-state index in [1.165, 1.54) is 23.0 Å². The van der Waals surface area contributed by atoms with Crippen LogP contribution in [0.4, 0.5) is 5.69 Å². The fourth-order valence-electron chi connectivity index (χ4n) is 2.07. The molecule has 0 unspecified atom stereocenters. The second kappa shape index (κ2) is 6.65. The quantitative estimate of drug-likeness (QED) is 0.799. The minimum Gasteiger partial charge on any atom is -0.319 e. The summed E-state index contributed by atoms with van der Waals surface area (Å²) in [4.78, 5) is 28.1. The van der Waals surface area contributed by atoms with Crippen LogP contribution in [-0.2, 0) is 6.54 Å². The fourth-order valence-corrected chi connectivity index (χ4v) is 2.07. The molecule has 0 fully saturated rings. The van der Waals surface area contributed by atoms with Gasteiger partial charge >= 0.3 is 0 Å². The van der Waals surface area contributed by atoms with E-state index in [-0.39, 0.29) is 17.2 Å². The van der Waals surface area contributed by atoms with Crippen molar-refractivity contribution in [1.29, 1.82) is 0 Å². The van der Waals surface area contributed by atoms with Gasteiger partial charge in [0, 0.05) is 12.3 Å². The number of carbonyl (C=O) groups is 1. The van der Waals surface area contributed by atoms with Crippen LogP contribution in [0.25, 0.3) is 0 Å². The molecule has 0 radical (unpaired) electrons. The molecule has 6 heteroatoms. The van der Waals surface area contributed by atoms with E-state index < -0.39 is 0 Å². The molecule has 3 rings (SSSR count). The van der Waals surface area contributed by atoms with E-state index in [1.54, 1.807) is 18.3 Å². The topological polar surface area (TPSA) is 76.9 Å². The van der Waals surface area contributed by atoms with Crippen molar-refractivity contribution >= 4 is 11.6 Å². The van der Waals surface area contributed by atoms with Gasteiger partial charge in [-0.15, -0.1) is 0 Å². The van der Waals surface area contributed by atoms with Crippen LogP contribution < -0.4 is 10.9 Å². The lowest BCUT2D eigenvalue weighted by Crippen LogP contribution is -2.26. The summed E-state index contributed by atoms with van der Waals surface area (Å²) in [6.07, 6.45) is 3.16. The van der Waals surface area contributed by atoms with E-state index >= 15 is 0 Å². The maximum atomic E-state index is 12.2. The first-order valence-corrected chi connectivity index (χ1v) is 7.06. The van der Waals surface area contributed by atoms with Crippen LogP contribution in [0.15, 0.2) is 71.8 Å². The van der Waals surface area contributed by atoms with E-state index in [0.29, 0.717) is 12.2 Å². The monoisotopic (exact) mass is 306 g/mol.